The molecule has 0 aliphatic rings. The number of aryl methyl sites for hydroxylation is 1. The monoisotopic (exact) mass is 405 g/mol. The molecule has 152 valence electrons. The largest absolute Gasteiger partial charge is 0.489 e. The first-order valence-electron chi connectivity index (χ1n) is 10.3. The van der Waals surface area contributed by atoms with E-state index < -0.39 is 0 Å². The lowest BCUT2D eigenvalue weighted by atomic mass is 9.96. The smallest absolute Gasteiger partial charge is 0.123 e. The molecule has 0 heterocycles. The van der Waals surface area contributed by atoms with Crippen molar-refractivity contribution < 1.29 is 4.74 Å². The van der Waals surface area contributed by atoms with E-state index in [4.69, 9.17) is 4.74 Å². The summed E-state index contributed by atoms with van der Waals surface area (Å²) in [5.74, 6) is 0.992. The highest BCUT2D eigenvalue weighted by atomic mass is 31.1. The number of rotatable bonds is 8. The second-order valence-electron chi connectivity index (χ2n) is 8.00. The van der Waals surface area contributed by atoms with Gasteiger partial charge in [-0.25, -0.2) is 0 Å². The predicted octanol–water partition coefficient (Wildman–Crippen LogP) is 6.27. The lowest BCUT2D eigenvalue weighted by Crippen LogP contribution is -2.23. The lowest BCUT2D eigenvalue weighted by molar-refractivity contribution is 0.300. The number of nitrogens with zero attached hydrogens (tertiary/aromatic N) is 1. The number of hydrogen-bond donors (Lipinski definition) is 0. The maximum atomic E-state index is 6.30. The Morgan fingerprint density at radius 3 is 2.31 bits per heavy atom. The van der Waals surface area contributed by atoms with Crippen LogP contribution in [0.3, 0.4) is 0 Å². The summed E-state index contributed by atoms with van der Waals surface area (Å²) in [5.41, 5.74) is 5.09. The summed E-state index contributed by atoms with van der Waals surface area (Å²) in [6.45, 7) is 7.40. The van der Waals surface area contributed by atoms with Crippen LogP contribution >= 0.6 is 8.58 Å². The first kappa shape index (κ1) is 21.4. The van der Waals surface area contributed by atoms with Crippen molar-refractivity contribution in [2.45, 2.75) is 39.0 Å². The van der Waals surface area contributed by atoms with Gasteiger partial charge >= 0.3 is 0 Å². The summed E-state index contributed by atoms with van der Waals surface area (Å²) in [4.78, 5) is 2.23. The fourth-order valence-corrected chi connectivity index (χ4v) is 5.25. The average Bonchev–Trinajstić information content (AvgIpc) is 2.74. The zero-order valence-corrected chi connectivity index (χ0v) is 19.2. The molecule has 3 aromatic carbocycles. The van der Waals surface area contributed by atoms with Gasteiger partial charge < -0.3 is 9.64 Å². The van der Waals surface area contributed by atoms with Crippen LogP contribution in [-0.4, -0.2) is 14.1 Å². The molecule has 0 saturated carbocycles. The molecule has 3 heteroatoms. The van der Waals surface area contributed by atoms with Crippen LogP contribution in [0, 0.1) is 6.92 Å². The summed E-state index contributed by atoms with van der Waals surface area (Å²) in [6, 6.07) is 25.7. The molecule has 0 aromatic heterocycles. The number of para-hydroxylation sites is 1. The van der Waals surface area contributed by atoms with Gasteiger partial charge in [0.15, 0.2) is 0 Å². The molecule has 2 unspecified atom stereocenters. The van der Waals surface area contributed by atoms with Crippen molar-refractivity contribution in [1.82, 2.24) is 0 Å². The molecule has 0 amide bonds. The Morgan fingerprint density at radius 2 is 1.62 bits per heavy atom. The molecular weight excluding hydrogens is 373 g/mol. The first-order chi connectivity index (χ1) is 13.9. The van der Waals surface area contributed by atoms with Gasteiger partial charge in [0, 0.05) is 30.5 Å². The van der Waals surface area contributed by atoms with Gasteiger partial charge in [-0.05, 0) is 41.9 Å². The van der Waals surface area contributed by atoms with Crippen molar-refractivity contribution in [1.29, 1.82) is 0 Å². The van der Waals surface area contributed by atoms with Gasteiger partial charge in [0.2, 0.25) is 0 Å². The normalized spacial score (nSPS) is 13.4. The summed E-state index contributed by atoms with van der Waals surface area (Å²) >= 11 is 0. The molecule has 0 aliphatic heterocycles. The quantitative estimate of drug-likeness (QED) is 0.410. The second-order valence-corrected chi connectivity index (χ2v) is 9.89. The summed E-state index contributed by atoms with van der Waals surface area (Å²) < 4.78 is 6.30. The highest BCUT2D eigenvalue weighted by molar-refractivity contribution is 7.49. The lowest BCUT2D eigenvalue weighted by Gasteiger charge is -2.32. The first-order valence-corrected chi connectivity index (χ1v) is 11.3. The van der Waals surface area contributed by atoms with Crippen LogP contribution in [0.15, 0.2) is 72.8 Å². The standard InChI is InChI=1S/C26H32NOP/c1-6-26(3,29-25-17-16-20(2)18-23(25)27(4)5)22-14-10-11-15-24(22)28-19-21-12-8-7-9-13-21/h7-18,29H,6,19H2,1-5H3. The molecule has 0 spiro atoms. The molecule has 0 N–H and O–H groups in total. The van der Waals surface area contributed by atoms with E-state index in [0.717, 1.165) is 12.2 Å². The van der Waals surface area contributed by atoms with Crippen molar-refractivity contribution in [2.24, 2.45) is 0 Å². The van der Waals surface area contributed by atoms with Crippen LogP contribution in [0.5, 0.6) is 5.75 Å². The molecule has 0 saturated heterocycles. The van der Waals surface area contributed by atoms with E-state index in [1.54, 1.807) is 0 Å². The molecule has 0 fully saturated rings. The number of benzene rings is 3. The molecular formula is C26H32NOP. The molecule has 0 aliphatic carbocycles. The van der Waals surface area contributed by atoms with E-state index in [-0.39, 0.29) is 5.16 Å². The Kier molecular flexibility index (Phi) is 6.98. The van der Waals surface area contributed by atoms with Crippen LogP contribution in [0.25, 0.3) is 0 Å². The predicted molar refractivity (Wildman–Crippen MR) is 128 cm³/mol. The van der Waals surface area contributed by atoms with E-state index in [1.165, 1.54) is 27.7 Å². The maximum Gasteiger partial charge on any atom is 0.123 e. The Hall–Kier alpha value is -2.31. The van der Waals surface area contributed by atoms with Gasteiger partial charge in [-0.3, -0.25) is 0 Å². The van der Waals surface area contributed by atoms with E-state index in [1.807, 2.05) is 6.07 Å². The fourth-order valence-electron chi connectivity index (χ4n) is 3.54. The van der Waals surface area contributed by atoms with E-state index in [2.05, 4.69) is 106 Å². The van der Waals surface area contributed by atoms with E-state index in [9.17, 15) is 0 Å². The van der Waals surface area contributed by atoms with Crippen molar-refractivity contribution in [3.63, 3.8) is 0 Å². The zero-order valence-electron chi connectivity index (χ0n) is 18.2. The topological polar surface area (TPSA) is 12.5 Å². The molecule has 0 bridgehead atoms. The number of hydrogen-bond acceptors (Lipinski definition) is 2. The summed E-state index contributed by atoms with van der Waals surface area (Å²) in [6.07, 6.45) is 1.05. The Bertz CT molecular complexity index is 938. The highest BCUT2D eigenvalue weighted by Gasteiger charge is 2.29. The second kappa shape index (κ2) is 9.46. The van der Waals surface area contributed by atoms with Gasteiger partial charge in [0.05, 0.1) is 0 Å². The summed E-state index contributed by atoms with van der Waals surface area (Å²) in [5, 5.41) is 1.43. The highest BCUT2D eigenvalue weighted by Crippen LogP contribution is 2.48. The van der Waals surface area contributed by atoms with Gasteiger partial charge in [0.1, 0.15) is 12.4 Å². The Morgan fingerprint density at radius 1 is 0.931 bits per heavy atom. The molecule has 3 aromatic rings. The van der Waals surface area contributed by atoms with Crippen LogP contribution in [0.1, 0.15) is 37.0 Å². The van der Waals surface area contributed by atoms with Gasteiger partial charge in [-0.15, -0.1) is 0 Å². The van der Waals surface area contributed by atoms with Crippen molar-refractivity contribution in [2.75, 3.05) is 19.0 Å². The number of ether oxygens (including phenoxy) is 1. The third-order valence-electron chi connectivity index (χ3n) is 5.47. The van der Waals surface area contributed by atoms with Crippen LogP contribution in [0.2, 0.25) is 0 Å². The van der Waals surface area contributed by atoms with Crippen molar-refractivity contribution in [3.8, 4) is 5.75 Å². The third kappa shape index (κ3) is 5.19. The molecule has 29 heavy (non-hydrogen) atoms. The molecule has 3 rings (SSSR count). The number of anilines is 1. The molecule has 0 radical (unpaired) electrons. The van der Waals surface area contributed by atoms with Crippen molar-refractivity contribution >= 4 is 19.6 Å². The Balaban J connectivity index is 1.91. The minimum Gasteiger partial charge on any atom is -0.489 e. The maximum absolute atomic E-state index is 6.30. The SMILES string of the molecule is CCC(C)(Pc1ccc(C)cc1N(C)C)c1ccccc1OCc1ccccc1. The van der Waals surface area contributed by atoms with Crippen LogP contribution in [-0.2, 0) is 11.8 Å². The summed E-state index contributed by atoms with van der Waals surface area (Å²) in [7, 11) is 4.92. The zero-order chi connectivity index (χ0) is 20.9. The van der Waals surface area contributed by atoms with Gasteiger partial charge in [-0.1, -0.05) is 83.1 Å². The van der Waals surface area contributed by atoms with Crippen LogP contribution < -0.4 is 14.9 Å². The molecule has 2 nitrogen and oxygen atoms in total. The van der Waals surface area contributed by atoms with E-state index >= 15 is 0 Å². The minimum absolute atomic E-state index is 0.0211. The average molecular weight is 406 g/mol. The van der Waals surface area contributed by atoms with Gasteiger partial charge in [0.25, 0.3) is 0 Å². The molecule has 2 atom stereocenters. The van der Waals surface area contributed by atoms with Gasteiger partial charge in [-0.2, -0.15) is 0 Å². The fraction of sp³-hybridized carbons (Fsp3) is 0.308. The van der Waals surface area contributed by atoms with Crippen LogP contribution in [0.4, 0.5) is 5.69 Å². The van der Waals surface area contributed by atoms with E-state index in [0.29, 0.717) is 15.2 Å². The third-order valence-corrected chi connectivity index (χ3v) is 7.34. The Labute approximate surface area is 177 Å². The van der Waals surface area contributed by atoms with Crippen molar-refractivity contribution in [3.05, 3.63) is 89.5 Å². The minimum atomic E-state index is 0.0211.